The van der Waals surface area contributed by atoms with Gasteiger partial charge in [0.1, 0.15) is 0 Å². The maximum atomic E-state index is 12.4. The third-order valence-electron chi connectivity index (χ3n) is 3.92. The molecule has 3 nitrogen and oxygen atoms in total. The summed E-state index contributed by atoms with van der Waals surface area (Å²) in [6.07, 6.45) is 5.23. The van der Waals surface area contributed by atoms with Gasteiger partial charge in [-0.1, -0.05) is 27.2 Å². The van der Waals surface area contributed by atoms with Crippen molar-refractivity contribution in [2.45, 2.75) is 78.3 Å². The second-order valence-corrected chi connectivity index (χ2v) is 6.34. The van der Waals surface area contributed by atoms with E-state index in [2.05, 4.69) is 20.8 Å². The minimum absolute atomic E-state index is 0.181. The van der Waals surface area contributed by atoms with Crippen LogP contribution in [0, 0.1) is 5.92 Å². The van der Waals surface area contributed by atoms with Gasteiger partial charge in [0, 0.05) is 17.5 Å². The van der Waals surface area contributed by atoms with Crippen LogP contribution in [0.15, 0.2) is 0 Å². The van der Waals surface area contributed by atoms with Crippen LogP contribution >= 0.6 is 0 Å². The number of ketones is 1. The van der Waals surface area contributed by atoms with Crippen molar-refractivity contribution in [3.05, 3.63) is 0 Å². The fourth-order valence-electron chi connectivity index (χ4n) is 2.93. The number of hydrogen-bond acceptors (Lipinski definition) is 2. The minimum Gasteiger partial charge on any atom is -0.328 e. The molecule has 0 aromatic heterocycles. The molecule has 0 aromatic carbocycles. The summed E-state index contributed by atoms with van der Waals surface area (Å²) in [6.45, 7) is 9.90. The molecule has 1 heterocycles. The Bertz CT molecular complexity index is 318. The van der Waals surface area contributed by atoms with Gasteiger partial charge in [-0.15, -0.1) is 0 Å². The fraction of sp³-hybridized carbons (Fsp3) is 0.867. The predicted molar refractivity (Wildman–Crippen MR) is 73.3 cm³/mol. The summed E-state index contributed by atoms with van der Waals surface area (Å²) in [7, 11) is 0. The summed E-state index contributed by atoms with van der Waals surface area (Å²) < 4.78 is 0. The molecule has 0 aromatic rings. The SMILES string of the molecule is CCCC1CCCC(C)(C)N1C(=O)C(=O)C(C)C. The molecule has 104 valence electrons. The van der Waals surface area contributed by atoms with E-state index in [-0.39, 0.29) is 29.2 Å². The quantitative estimate of drug-likeness (QED) is 0.722. The Balaban J connectivity index is 2.96. The lowest BCUT2D eigenvalue weighted by molar-refractivity contribution is -0.154. The zero-order chi connectivity index (χ0) is 13.9. The minimum atomic E-state index is -0.270. The number of hydrogen-bond donors (Lipinski definition) is 0. The molecule has 1 unspecified atom stereocenters. The second kappa shape index (κ2) is 5.85. The van der Waals surface area contributed by atoms with E-state index >= 15 is 0 Å². The van der Waals surface area contributed by atoms with Gasteiger partial charge in [-0.25, -0.2) is 0 Å². The van der Waals surface area contributed by atoms with Crippen LogP contribution in [0.3, 0.4) is 0 Å². The number of amides is 1. The lowest BCUT2D eigenvalue weighted by atomic mass is 9.84. The van der Waals surface area contributed by atoms with Gasteiger partial charge in [0.05, 0.1) is 0 Å². The van der Waals surface area contributed by atoms with Gasteiger partial charge in [0.25, 0.3) is 5.91 Å². The molecule has 0 saturated carbocycles. The first kappa shape index (κ1) is 15.2. The smallest absolute Gasteiger partial charge is 0.290 e. The van der Waals surface area contributed by atoms with Crippen molar-refractivity contribution in [3.8, 4) is 0 Å². The van der Waals surface area contributed by atoms with Crippen molar-refractivity contribution in [1.29, 1.82) is 0 Å². The van der Waals surface area contributed by atoms with E-state index in [0.29, 0.717) is 0 Å². The Morgan fingerprint density at radius 1 is 1.33 bits per heavy atom. The van der Waals surface area contributed by atoms with E-state index in [0.717, 1.165) is 32.1 Å². The normalized spacial score (nSPS) is 23.2. The van der Waals surface area contributed by atoms with Crippen LogP contribution < -0.4 is 0 Å². The molecular weight excluding hydrogens is 226 g/mol. The highest BCUT2D eigenvalue weighted by atomic mass is 16.2. The highest BCUT2D eigenvalue weighted by Gasteiger charge is 2.41. The molecule has 0 radical (unpaired) electrons. The van der Waals surface area contributed by atoms with Crippen molar-refractivity contribution in [3.63, 3.8) is 0 Å². The summed E-state index contributed by atoms with van der Waals surface area (Å²) in [4.78, 5) is 26.3. The third-order valence-corrected chi connectivity index (χ3v) is 3.92. The molecule has 0 aliphatic carbocycles. The molecule has 0 N–H and O–H groups in total. The van der Waals surface area contributed by atoms with Crippen LogP contribution in [0.4, 0.5) is 0 Å². The molecule has 1 saturated heterocycles. The number of carbonyl (C=O) groups excluding carboxylic acids is 2. The molecule has 1 amide bonds. The molecule has 1 fully saturated rings. The van der Waals surface area contributed by atoms with Gasteiger partial charge >= 0.3 is 0 Å². The Morgan fingerprint density at radius 2 is 1.94 bits per heavy atom. The Labute approximate surface area is 111 Å². The zero-order valence-corrected chi connectivity index (χ0v) is 12.5. The maximum absolute atomic E-state index is 12.4. The molecule has 1 atom stereocenters. The van der Waals surface area contributed by atoms with Gasteiger partial charge in [-0.3, -0.25) is 9.59 Å². The van der Waals surface area contributed by atoms with Crippen LogP contribution in [0.5, 0.6) is 0 Å². The van der Waals surface area contributed by atoms with Crippen molar-refractivity contribution in [2.75, 3.05) is 0 Å². The van der Waals surface area contributed by atoms with Gasteiger partial charge in [-0.05, 0) is 39.5 Å². The lowest BCUT2D eigenvalue weighted by Crippen LogP contribution is -2.58. The van der Waals surface area contributed by atoms with Crippen LogP contribution in [0.25, 0.3) is 0 Å². The lowest BCUT2D eigenvalue weighted by Gasteiger charge is -2.48. The molecule has 1 aliphatic rings. The number of rotatable bonds is 4. The Morgan fingerprint density at radius 3 is 2.44 bits per heavy atom. The highest BCUT2D eigenvalue weighted by molar-refractivity contribution is 6.36. The van der Waals surface area contributed by atoms with Crippen LogP contribution in [0.1, 0.15) is 66.7 Å². The maximum Gasteiger partial charge on any atom is 0.290 e. The third kappa shape index (κ3) is 3.12. The van der Waals surface area contributed by atoms with Gasteiger partial charge in [0.15, 0.2) is 0 Å². The summed E-state index contributed by atoms with van der Waals surface area (Å²) >= 11 is 0. The molecule has 18 heavy (non-hydrogen) atoms. The average Bonchev–Trinajstić information content (AvgIpc) is 2.26. The monoisotopic (exact) mass is 253 g/mol. The van der Waals surface area contributed by atoms with Crippen molar-refractivity contribution >= 4 is 11.7 Å². The number of piperidine rings is 1. The van der Waals surface area contributed by atoms with Crippen LogP contribution in [-0.4, -0.2) is 28.2 Å². The Kier molecular flexibility index (Phi) is 4.94. The number of Topliss-reactive ketones (excluding diaryl/α,β-unsaturated/α-hetero) is 1. The van der Waals surface area contributed by atoms with E-state index in [1.165, 1.54) is 0 Å². The van der Waals surface area contributed by atoms with E-state index < -0.39 is 0 Å². The first-order valence-corrected chi connectivity index (χ1v) is 7.18. The molecule has 0 spiro atoms. The second-order valence-electron chi connectivity index (χ2n) is 6.34. The standard InChI is InChI=1S/C15H27NO2/c1-6-8-12-9-7-10-15(4,5)16(12)14(18)13(17)11(2)3/h11-12H,6-10H2,1-5H3. The van der Waals surface area contributed by atoms with E-state index in [1.54, 1.807) is 13.8 Å². The number of likely N-dealkylation sites (tertiary alicyclic amines) is 1. The first-order chi connectivity index (χ1) is 8.31. The molecule has 0 bridgehead atoms. The van der Waals surface area contributed by atoms with E-state index in [9.17, 15) is 9.59 Å². The van der Waals surface area contributed by atoms with Crippen molar-refractivity contribution in [1.82, 2.24) is 4.90 Å². The van der Waals surface area contributed by atoms with Gasteiger partial charge in [0.2, 0.25) is 5.78 Å². The summed E-state index contributed by atoms with van der Waals surface area (Å²) in [6, 6.07) is 0.244. The zero-order valence-electron chi connectivity index (χ0n) is 12.5. The fourth-order valence-corrected chi connectivity index (χ4v) is 2.93. The predicted octanol–water partition coefficient (Wildman–Crippen LogP) is 3.17. The van der Waals surface area contributed by atoms with Gasteiger partial charge in [-0.2, -0.15) is 0 Å². The summed E-state index contributed by atoms with van der Waals surface area (Å²) in [5.74, 6) is -0.725. The van der Waals surface area contributed by atoms with E-state index in [4.69, 9.17) is 0 Å². The molecule has 3 heteroatoms. The highest BCUT2D eigenvalue weighted by Crippen LogP contribution is 2.34. The largest absolute Gasteiger partial charge is 0.328 e. The Hall–Kier alpha value is -0.860. The summed E-state index contributed by atoms with van der Waals surface area (Å²) in [5, 5.41) is 0. The van der Waals surface area contributed by atoms with Crippen molar-refractivity contribution in [2.24, 2.45) is 5.92 Å². The topological polar surface area (TPSA) is 37.4 Å². The van der Waals surface area contributed by atoms with E-state index in [1.807, 2.05) is 4.90 Å². The number of nitrogens with zero attached hydrogens (tertiary/aromatic N) is 1. The molecule has 1 rings (SSSR count). The summed E-state index contributed by atoms with van der Waals surface area (Å²) in [5.41, 5.74) is -0.181. The average molecular weight is 253 g/mol. The van der Waals surface area contributed by atoms with Gasteiger partial charge < -0.3 is 4.90 Å². The number of carbonyl (C=O) groups is 2. The molecular formula is C15H27NO2. The van der Waals surface area contributed by atoms with Crippen LogP contribution in [0.2, 0.25) is 0 Å². The first-order valence-electron chi connectivity index (χ1n) is 7.18. The molecule has 1 aliphatic heterocycles. The van der Waals surface area contributed by atoms with Crippen LogP contribution in [-0.2, 0) is 9.59 Å². The van der Waals surface area contributed by atoms with Crippen molar-refractivity contribution < 1.29 is 9.59 Å².